The van der Waals surface area contributed by atoms with E-state index in [2.05, 4.69) is 56.7 Å². The van der Waals surface area contributed by atoms with Gasteiger partial charge in [-0.1, -0.05) is 32.9 Å². The van der Waals surface area contributed by atoms with E-state index in [1.807, 2.05) is 42.9 Å². The third-order valence-electron chi connectivity index (χ3n) is 6.84. The van der Waals surface area contributed by atoms with Crippen molar-refractivity contribution in [3.8, 4) is 11.5 Å². The molecule has 1 radical (unpaired) electrons. The molecule has 0 bridgehead atoms. The number of nitrogens with zero attached hydrogens (tertiary/aromatic N) is 3. The number of anilines is 1. The van der Waals surface area contributed by atoms with Crippen molar-refractivity contribution in [1.29, 1.82) is 0 Å². The monoisotopic (exact) mass is 548 g/mol. The number of pyridine rings is 1. The van der Waals surface area contributed by atoms with Crippen molar-refractivity contribution < 1.29 is 18.3 Å². The van der Waals surface area contributed by atoms with Crippen molar-refractivity contribution in [2.24, 2.45) is 0 Å². The number of aromatic nitrogens is 1. The fourth-order valence-electron chi connectivity index (χ4n) is 4.65. The molecule has 0 aliphatic carbocycles. The van der Waals surface area contributed by atoms with Crippen LogP contribution in [0.3, 0.4) is 0 Å². The summed E-state index contributed by atoms with van der Waals surface area (Å²) in [5, 5.41) is 0. The smallest absolute Gasteiger partial charge is 0.205 e. The number of hydrogen-bond donors (Lipinski definition) is 0. The molecule has 39 heavy (non-hydrogen) atoms. The Labute approximate surface area is 233 Å². The Morgan fingerprint density at radius 1 is 1.03 bits per heavy atom. The quantitative estimate of drug-likeness (QED) is 0.250. The number of benzene rings is 2. The summed E-state index contributed by atoms with van der Waals surface area (Å²) in [6.45, 7) is 14.5. The molecule has 8 heteroatoms. The third-order valence-corrected chi connectivity index (χ3v) is 7.57. The van der Waals surface area contributed by atoms with Crippen LogP contribution in [0, 0.1) is 5.82 Å². The molecular formula is C31H39FN3O3Si. The van der Waals surface area contributed by atoms with Crippen LogP contribution < -0.4 is 14.4 Å². The molecule has 0 saturated heterocycles. The Kier molecular flexibility index (Phi) is 8.97. The number of methoxy groups -OCH3 is 1. The minimum atomic E-state index is -0.861. The van der Waals surface area contributed by atoms with Gasteiger partial charge in [-0.25, -0.2) is 9.37 Å². The SMILES string of the molecule is COc1ccc(COc2ccc(F)cc2C(C)N2C=CN(c3nccc(C(C)(C)C)c3CO[Si](C)C)C2)cc1. The molecule has 207 valence electrons. The first-order valence-corrected chi connectivity index (χ1v) is 15.6. The zero-order valence-corrected chi connectivity index (χ0v) is 25.0. The molecule has 0 N–H and O–H groups in total. The fraction of sp³-hybridized carbons (Fsp3) is 0.387. The van der Waals surface area contributed by atoms with Gasteiger partial charge in [0.15, 0.2) is 0 Å². The van der Waals surface area contributed by atoms with Gasteiger partial charge in [0, 0.05) is 29.7 Å². The summed E-state index contributed by atoms with van der Waals surface area (Å²) in [4.78, 5) is 9.08. The predicted molar refractivity (Wildman–Crippen MR) is 156 cm³/mol. The molecule has 3 aromatic rings. The van der Waals surface area contributed by atoms with Crippen LogP contribution in [0.25, 0.3) is 0 Å². The van der Waals surface area contributed by atoms with Gasteiger partial charge in [-0.05, 0) is 73.0 Å². The van der Waals surface area contributed by atoms with Crippen LogP contribution in [-0.4, -0.2) is 32.7 Å². The van der Waals surface area contributed by atoms with Gasteiger partial charge in [0.2, 0.25) is 9.04 Å². The van der Waals surface area contributed by atoms with Gasteiger partial charge in [0.05, 0.1) is 26.4 Å². The van der Waals surface area contributed by atoms with Crippen molar-refractivity contribution in [1.82, 2.24) is 9.88 Å². The average molecular weight is 549 g/mol. The van der Waals surface area contributed by atoms with Crippen molar-refractivity contribution >= 4 is 14.9 Å². The number of rotatable bonds is 10. The third kappa shape index (κ3) is 6.99. The van der Waals surface area contributed by atoms with Crippen LogP contribution >= 0.6 is 0 Å². The van der Waals surface area contributed by atoms with Gasteiger partial charge in [0.25, 0.3) is 0 Å². The summed E-state index contributed by atoms with van der Waals surface area (Å²) in [6.07, 6.45) is 5.95. The van der Waals surface area contributed by atoms with E-state index < -0.39 is 9.04 Å². The van der Waals surface area contributed by atoms with E-state index in [-0.39, 0.29) is 17.3 Å². The summed E-state index contributed by atoms with van der Waals surface area (Å²) in [7, 11) is 0.783. The Hall–Kier alpha value is -3.36. The van der Waals surface area contributed by atoms with Crippen LogP contribution in [0.4, 0.5) is 10.2 Å². The molecule has 0 amide bonds. The van der Waals surface area contributed by atoms with E-state index in [0.717, 1.165) is 28.3 Å². The van der Waals surface area contributed by atoms with Crippen molar-refractivity contribution in [2.45, 2.75) is 65.5 Å². The highest BCUT2D eigenvalue weighted by molar-refractivity contribution is 6.48. The zero-order valence-electron chi connectivity index (χ0n) is 24.0. The topological polar surface area (TPSA) is 47.1 Å². The number of ether oxygens (including phenoxy) is 2. The van der Waals surface area contributed by atoms with E-state index in [9.17, 15) is 4.39 Å². The van der Waals surface area contributed by atoms with Gasteiger partial charge in [-0.2, -0.15) is 0 Å². The molecule has 1 atom stereocenters. The Balaban J connectivity index is 1.54. The van der Waals surface area contributed by atoms with Gasteiger partial charge in [0.1, 0.15) is 29.7 Å². The Morgan fingerprint density at radius 2 is 1.77 bits per heavy atom. The summed E-state index contributed by atoms with van der Waals surface area (Å²) in [5.74, 6) is 2.06. The van der Waals surface area contributed by atoms with E-state index in [4.69, 9.17) is 18.9 Å². The molecule has 0 fully saturated rings. The summed E-state index contributed by atoms with van der Waals surface area (Å²) in [6, 6.07) is 14.4. The van der Waals surface area contributed by atoms with Crippen molar-refractivity contribution in [3.05, 3.63) is 95.2 Å². The fourth-order valence-corrected chi connectivity index (χ4v) is 5.09. The lowest BCUT2D eigenvalue weighted by molar-refractivity contribution is 0.276. The van der Waals surface area contributed by atoms with Crippen LogP contribution in [0.2, 0.25) is 13.1 Å². The number of halogens is 1. The van der Waals surface area contributed by atoms with E-state index in [0.29, 0.717) is 25.6 Å². The van der Waals surface area contributed by atoms with Crippen molar-refractivity contribution in [2.75, 3.05) is 18.7 Å². The van der Waals surface area contributed by atoms with Crippen LogP contribution in [-0.2, 0) is 23.1 Å². The standard InChI is InChI=1S/C31H39FN3O3Si/c1-22(26-18-24(32)10-13-29(26)37-19-23-8-11-25(36-5)12-9-23)34-16-17-35(21-34)30-27(20-38-39(6)7)28(14-15-33-30)31(2,3)4/h8-18,22H,19-21H2,1-7H3. The molecule has 1 aliphatic rings. The zero-order chi connectivity index (χ0) is 28.2. The first kappa shape index (κ1) is 28.6. The average Bonchev–Trinajstić information content (AvgIpc) is 3.40. The normalized spacial score (nSPS) is 14.3. The molecule has 1 aliphatic heterocycles. The maximum atomic E-state index is 14.4. The molecule has 6 nitrogen and oxygen atoms in total. The minimum absolute atomic E-state index is 0.0428. The van der Waals surface area contributed by atoms with Gasteiger partial charge < -0.3 is 23.7 Å². The largest absolute Gasteiger partial charge is 0.497 e. The summed E-state index contributed by atoms with van der Waals surface area (Å²) in [5.41, 5.74) is 4.10. The Bertz CT molecular complexity index is 1290. The highest BCUT2D eigenvalue weighted by Crippen LogP contribution is 2.36. The maximum absolute atomic E-state index is 14.4. The van der Waals surface area contributed by atoms with E-state index >= 15 is 0 Å². The molecule has 1 unspecified atom stereocenters. The molecule has 2 aromatic carbocycles. The molecule has 4 rings (SSSR count). The minimum Gasteiger partial charge on any atom is -0.497 e. The lowest BCUT2D eigenvalue weighted by atomic mass is 9.84. The van der Waals surface area contributed by atoms with Gasteiger partial charge in [-0.3, -0.25) is 0 Å². The molecule has 0 spiro atoms. The van der Waals surface area contributed by atoms with Crippen LogP contribution in [0.5, 0.6) is 11.5 Å². The Morgan fingerprint density at radius 3 is 2.44 bits per heavy atom. The van der Waals surface area contributed by atoms with Crippen LogP contribution in [0.1, 0.15) is 56.0 Å². The lowest BCUT2D eigenvalue weighted by Crippen LogP contribution is -2.30. The second-order valence-corrected chi connectivity index (χ2v) is 13.1. The predicted octanol–water partition coefficient (Wildman–Crippen LogP) is 7.19. The van der Waals surface area contributed by atoms with E-state index in [1.54, 1.807) is 19.2 Å². The second kappa shape index (κ2) is 12.2. The summed E-state index contributed by atoms with van der Waals surface area (Å²) < 4.78 is 32.0. The lowest BCUT2D eigenvalue weighted by Gasteiger charge is -2.30. The first-order chi connectivity index (χ1) is 18.6. The molecular weight excluding hydrogens is 509 g/mol. The van der Waals surface area contributed by atoms with Gasteiger partial charge in [-0.15, -0.1) is 0 Å². The summed E-state index contributed by atoms with van der Waals surface area (Å²) >= 11 is 0. The maximum Gasteiger partial charge on any atom is 0.205 e. The van der Waals surface area contributed by atoms with E-state index in [1.165, 1.54) is 11.6 Å². The molecule has 1 aromatic heterocycles. The second-order valence-electron chi connectivity index (χ2n) is 11.0. The number of hydrogen-bond acceptors (Lipinski definition) is 6. The first-order valence-electron chi connectivity index (χ1n) is 13.2. The molecule has 2 heterocycles. The highest BCUT2D eigenvalue weighted by Gasteiger charge is 2.28. The molecule has 0 saturated carbocycles. The van der Waals surface area contributed by atoms with Gasteiger partial charge >= 0.3 is 0 Å². The highest BCUT2D eigenvalue weighted by atomic mass is 28.3. The van der Waals surface area contributed by atoms with Crippen molar-refractivity contribution in [3.63, 3.8) is 0 Å². The van der Waals surface area contributed by atoms with Crippen LogP contribution in [0.15, 0.2) is 67.1 Å².